The highest BCUT2D eigenvalue weighted by Gasteiger charge is 2.20. The lowest BCUT2D eigenvalue weighted by molar-refractivity contribution is 0.413. The molecule has 6 heteroatoms. The van der Waals surface area contributed by atoms with Gasteiger partial charge in [0.05, 0.1) is 12.0 Å². The number of rotatable bonds is 8. The van der Waals surface area contributed by atoms with E-state index >= 15 is 0 Å². The first-order valence-corrected chi connectivity index (χ1v) is 10.3. The number of anilines is 1. The third-order valence-corrected chi connectivity index (χ3v) is 6.18. The fraction of sp³-hybridized carbons (Fsp3) is 0.400. The molecular formula is C20H28N2O3S. The molecule has 0 aliphatic carbocycles. The molecule has 2 aromatic carbocycles. The summed E-state index contributed by atoms with van der Waals surface area (Å²) >= 11 is 0. The van der Waals surface area contributed by atoms with Crippen LogP contribution in [0.3, 0.4) is 0 Å². The van der Waals surface area contributed by atoms with Gasteiger partial charge in [-0.2, -0.15) is 0 Å². The summed E-state index contributed by atoms with van der Waals surface area (Å²) in [4.78, 5) is 2.57. The molecule has 0 saturated heterocycles. The van der Waals surface area contributed by atoms with Crippen LogP contribution in [-0.2, 0) is 16.6 Å². The van der Waals surface area contributed by atoms with Crippen molar-refractivity contribution in [2.45, 2.75) is 39.1 Å². The number of aryl methyl sites for hydroxylation is 2. The van der Waals surface area contributed by atoms with Gasteiger partial charge in [0, 0.05) is 25.3 Å². The van der Waals surface area contributed by atoms with E-state index in [0.29, 0.717) is 21.8 Å². The van der Waals surface area contributed by atoms with Gasteiger partial charge in [-0.15, -0.1) is 0 Å². The lowest BCUT2D eigenvalue weighted by Gasteiger charge is -2.21. The largest absolute Gasteiger partial charge is 0.497 e. The first kappa shape index (κ1) is 20.3. The number of sulfonamides is 1. The Morgan fingerprint density at radius 2 is 1.54 bits per heavy atom. The van der Waals surface area contributed by atoms with Gasteiger partial charge in [0.15, 0.2) is 0 Å². The molecule has 0 aliphatic rings. The minimum absolute atomic E-state index is 0.256. The van der Waals surface area contributed by atoms with Crippen LogP contribution < -0.4 is 14.4 Å². The molecule has 2 aromatic rings. The van der Waals surface area contributed by atoms with E-state index < -0.39 is 10.0 Å². The molecule has 0 heterocycles. The number of nitrogens with zero attached hydrogens (tertiary/aromatic N) is 1. The van der Waals surface area contributed by atoms with Crippen LogP contribution in [0.25, 0.3) is 0 Å². The number of nitrogens with one attached hydrogen (secondary N) is 1. The highest BCUT2D eigenvalue weighted by atomic mass is 32.2. The monoisotopic (exact) mass is 376 g/mol. The molecule has 0 aliphatic heterocycles. The van der Waals surface area contributed by atoms with Gasteiger partial charge in [-0.3, -0.25) is 0 Å². The van der Waals surface area contributed by atoms with Crippen molar-refractivity contribution in [1.82, 2.24) is 4.72 Å². The number of methoxy groups -OCH3 is 1. The molecule has 0 amide bonds. The summed E-state index contributed by atoms with van der Waals surface area (Å²) in [6.45, 7) is 9.94. The van der Waals surface area contributed by atoms with Crippen LogP contribution in [0.5, 0.6) is 5.75 Å². The Hall–Kier alpha value is -2.05. The first-order valence-electron chi connectivity index (χ1n) is 8.81. The Morgan fingerprint density at radius 3 is 2.00 bits per heavy atom. The summed E-state index contributed by atoms with van der Waals surface area (Å²) in [5.41, 5.74) is 3.41. The summed E-state index contributed by atoms with van der Waals surface area (Å²) < 4.78 is 33.4. The molecule has 0 atom stereocenters. The Kier molecular flexibility index (Phi) is 6.67. The second-order valence-corrected chi connectivity index (χ2v) is 7.96. The van der Waals surface area contributed by atoms with Gasteiger partial charge in [-0.25, -0.2) is 13.1 Å². The van der Waals surface area contributed by atoms with Crippen molar-refractivity contribution >= 4 is 15.7 Å². The molecule has 0 spiro atoms. The second-order valence-electron chi connectivity index (χ2n) is 6.25. The normalized spacial score (nSPS) is 11.4. The molecule has 0 bridgehead atoms. The second kappa shape index (κ2) is 8.56. The molecule has 0 unspecified atom stereocenters. The van der Waals surface area contributed by atoms with Crippen molar-refractivity contribution < 1.29 is 13.2 Å². The molecule has 0 radical (unpaired) electrons. The van der Waals surface area contributed by atoms with Crippen LogP contribution in [0.1, 0.15) is 30.5 Å². The molecule has 2 rings (SSSR count). The van der Waals surface area contributed by atoms with Gasteiger partial charge in [0.1, 0.15) is 5.75 Å². The number of benzene rings is 2. The Labute approximate surface area is 157 Å². The molecule has 1 N–H and O–H groups in total. The van der Waals surface area contributed by atoms with Crippen LogP contribution in [-0.4, -0.2) is 28.6 Å². The smallest absolute Gasteiger partial charge is 0.241 e. The van der Waals surface area contributed by atoms with Gasteiger partial charge < -0.3 is 9.64 Å². The zero-order valence-electron chi connectivity index (χ0n) is 16.2. The number of ether oxygens (including phenoxy) is 1. The lowest BCUT2D eigenvalue weighted by atomic mass is 10.1. The van der Waals surface area contributed by atoms with E-state index in [0.717, 1.165) is 24.3 Å². The summed E-state index contributed by atoms with van der Waals surface area (Å²) in [5, 5.41) is 0. The zero-order valence-corrected chi connectivity index (χ0v) is 17.0. The summed E-state index contributed by atoms with van der Waals surface area (Å²) in [5.74, 6) is 0.658. The van der Waals surface area contributed by atoms with Crippen molar-refractivity contribution in [3.63, 3.8) is 0 Å². The van der Waals surface area contributed by atoms with E-state index in [1.807, 2.05) is 24.3 Å². The molecule has 0 saturated carbocycles. The maximum atomic E-state index is 12.8. The molecule has 0 fully saturated rings. The lowest BCUT2D eigenvalue weighted by Crippen LogP contribution is -2.25. The van der Waals surface area contributed by atoms with Crippen molar-refractivity contribution in [3.05, 3.63) is 53.1 Å². The average Bonchev–Trinajstić information content (AvgIpc) is 2.61. The van der Waals surface area contributed by atoms with E-state index in [4.69, 9.17) is 4.74 Å². The van der Waals surface area contributed by atoms with E-state index in [9.17, 15) is 8.42 Å². The quantitative estimate of drug-likeness (QED) is 0.764. The van der Waals surface area contributed by atoms with Crippen LogP contribution in [0, 0.1) is 13.8 Å². The fourth-order valence-electron chi connectivity index (χ4n) is 3.12. The summed E-state index contributed by atoms with van der Waals surface area (Å²) in [6, 6.07) is 11.5. The predicted octanol–water partition coefficient (Wildman–Crippen LogP) is 3.64. The van der Waals surface area contributed by atoms with E-state index in [2.05, 4.69) is 23.5 Å². The van der Waals surface area contributed by atoms with Crippen molar-refractivity contribution in [2.24, 2.45) is 0 Å². The molecule has 142 valence electrons. The SMILES string of the molecule is CCN(CC)c1ccc(CNS(=O)(=O)c2c(C)cc(OC)cc2C)cc1. The van der Waals surface area contributed by atoms with Crippen molar-refractivity contribution in [1.29, 1.82) is 0 Å². The van der Waals surface area contributed by atoms with Crippen LogP contribution in [0.4, 0.5) is 5.69 Å². The molecular weight excluding hydrogens is 348 g/mol. The average molecular weight is 377 g/mol. The minimum Gasteiger partial charge on any atom is -0.497 e. The summed E-state index contributed by atoms with van der Waals surface area (Å²) in [7, 11) is -2.02. The van der Waals surface area contributed by atoms with E-state index in [1.165, 1.54) is 0 Å². The maximum absolute atomic E-state index is 12.8. The van der Waals surface area contributed by atoms with Crippen LogP contribution in [0.2, 0.25) is 0 Å². The Morgan fingerprint density at radius 1 is 1.00 bits per heavy atom. The van der Waals surface area contributed by atoms with Gasteiger partial charge in [-0.1, -0.05) is 12.1 Å². The highest BCUT2D eigenvalue weighted by molar-refractivity contribution is 7.89. The van der Waals surface area contributed by atoms with Gasteiger partial charge in [-0.05, 0) is 68.7 Å². The Bertz CT molecular complexity index is 819. The Balaban J connectivity index is 2.16. The number of hydrogen-bond acceptors (Lipinski definition) is 4. The standard InChI is InChI=1S/C20H28N2O3S/c1-6-22(7-2)18-10-8-17(9-11-18)14-21-26(23,24)20-15(3)12-19(25-5)13-16(20)4/h8-13,21H,6-7,14H2,1-5H3. The van der Waals surface area contributed by atoms with Crippen molar-refractivity contribution in [3.8, 4) is 5.75 Å². The van der Waals surface area contributed by atoms with Gasteiger partial charge >= 0.3 is 0 Å². The highest BCUT2D eigenvalue weighted by Crippen LogP contribution is 2.25. The topological polar surface area (TPSA) is 58.6 Å². The van der Waals surface area contributed by atoms with Gasteiger partial charge in [0.2, 0.25) is 10.0 Å². The number of hydrogen-bond donors (Lipinski definition) is 1. The third-order valence-electron chi connectivity index (χ3n) is 4.47. The predicted molar refractivity (Wildman–Crippen MR) is 106 cm³/mol. The first-order chi connectivity index (χ1) is 12.3. The summed E-state index contributed by atoms with van der Waals surface area (Å²) in [6.07, 6.45) is 0. The molecule has 0 aromatic heterocycles. The maximum Gasteiger partial charge on any atom is 0.241 e. The zero-order chi connectivity index (χ0) is 19.3. The van der Waals surface area contributed by atoms with Crippen LogP contribution >= 0.6 is 0 Å². The van der Waals surface area contributed by atoms with Crippen molar-refractivity contribution in [2.75, 3.05) is 25.1 Å². The van der Waals surface area contributed by atoms with E-state index in [-0.39, 0.29) is 6.54 Å². The third kappa shape index (κ3) is 4.56. The van der Waals surface area contributed by atoms with Gasteiger partial charge in [0.25, 0.3) is 0 Å². The minimum atomic E-state index is -3.60. The molecule has 5 nitrogen and oxygen atoms in total. The molecule has 26 heavy (non-hydrogen) atoms. The fourth-order valence-corrected chi connectivity index (χ4v) is 4.58. The van der Waals surface area contributed by atoms with E-state index in [1.54, 1.807) is 33.1 Å². The van der Waals surface area contributed by atoms with Crippen LogP contribution in [0.15, 0.2) is 41.3 Å².